The van der Waals surface area contributed by atoms with Crippen molar-refractivity contribution in [2.45, 2.75) is 44.1 Å². The van der Waals surface area contributed by atoms with Crippen molar-refractivity contribution in [2.75, 3.05) is 33.3 Å². The van der Waals surface area contributed by atoms with Crippen molar-refractivity contribution in [1.29, 1.82) is 0 Å². The highest BCUT2D eigenvalue weighted by atomic mass is 35.5. The van der Waals surface area contributed by atoms with Crippen LogP contribution in [-0.2, 0) is 0 Å². The topological polar surface area (TPSA) is 24.5 Å². The Kier molecular flexibility index (Phi) is 4.29. The molecular formula is C19H27ClN2O. The first-order chi connectivity index (χ1) is 11.2. The number of methoxy groups -OCH3 is 1. The monoisotopic (exact) mass is 334 g/mol. The van der Waals surface area contributed by atoms with E-state index in [1.165, 1.54) is 63.8 Å². The highest BCUT2D eigenvalue weighted by Crippen LogP contribution is 2.44. The fourth-order valence-corrected chi connectivity index (χ4v) is 5.07. The van der Waals surface area contributed by atoms with Gasteiger partial charge in [-0.2, -0.15) is 0 Å². The molecule has 4 rings (SSSR count). The summed E-state index contributed by atoms with van der Waals surface area (Å²) in [6.07, 6.45) is 6.67. The molecular weight excluding hydrogens is 308 g/mol. The lowest BCUT2D eigenvalue weighted by Gasteiger charge is -2.41. The lowest BCUT2D eigenvalue weighted by atomic mass is 9.80. The number of halogens is 1. The lowest BCUT2D eigenvalue weighted by molar-refractivity contribution is 0.120. The molecule has 3 aliphatic rings. The van der Waals surface area contributed by atoms with E-state index in [0.29, 0.717) is 11.3 Å². The van der Waals surface area contributed by atoms with Crippen LogP contribution in [-0.4, -0.2) is 44.2 Å². The van der Waals surface area contributed by atoms with E-state index in [0.717, 1.165) is 16.8 Å². The molecule has 0 amide bonds. The Bertz CT molecular complexity index is 564. The molecule has 126 valence electrons. The third-order valence-corrected chi connectivity index (χ3v) is 6.59. The van der Waals surface area contributed by atoms with Crippen molar-refractivity contribution in [3.8, 4) is 5.75 Å². The molecule has 23 heavy (non-hydrogen) atoms. The van der Waals surface area contributed by atoms with Crippen LogP contribution >= 0.6 is 11.6 Å². The summed E-state index contributed by atoms with van der Waals surface area (Å²) in [5, 5.41) is 4.29. The van der Waals surface area contributed by atoms with Crippen molar-refractivity contribution in [2.24, 2.45) is 5.41 Å². The zero-order chi connectivity index (χ0) is 15.9. The summed E-state index contributed by atoms with van der Waals surface area (Å²) in [7, 11) is 1.76. The summed E-state index contributed by atoms with van der Waals surface area (Å²) < 4.78 is 5.55. The highest BCUT2D eigenvalue weighted by molar-refractivity contribution is 6.30. The third kappa shape index (κ3) is 2.99. The van der Waals surface area contributed by atoms with Gasteiger partial charge in [-0.05, 0) is 80.3 Å². The molecule has 1 N–H and O–H groups in total. The molecule has 2 heterocycles. The van der Waals surface area contributed by atoms with E-state index in [4.69, 9.17) is 16.3 Å². The molecule has 0 unspecified atom stereocenters. The van der Waals surface area contributed by atoms with Crippen LogP contribution in [0.4, 0.5) is 0 Å². The van der Waals surface area contributed by atoms with Crippen LogP contribution in [0.3, 0.4) is 0 Å². The average Bonchev–Trinajstić information content (AvgIpc) is 3.01. The minimum Gasteiger partial charge on any atom is -0.496 e. The van der Waals surface area contributed by atoms with Gasteiger partial charge in [-0.15, -0.1) is 0 Å². The van der Waals surface area contributed by atoms with Crippen molar-refractivity contribution in [1.82, 2.24) is 10.2 Å². The third-order valence-electron chi connectivity index (χ3n) is 6.35. The maximum atomic E-state index is 6.21. The summed E-state index contributed by atoms with van der Waals surface area (Å²) >= 11 is 6.21. The Morgan fingerprint density at radius 1 is 1.22 bits per heavy atom. The van der Waals surface area contributed by atoms with Gasteiger partial charge in [0.05, 0.1) is 7.11 Å². The van der Waals surface area contributed by atoms with Gasteiger partial charge in [-0.25, -0.2) is 0 Å². The van der Waals surface area contributed by atoms with Crippen molar-refractivity contribution < 1.29 is 4.74 Å². The normalized spacial score (nSPS) is 28.0. The number of benzene rings is 1. The van der Waals surface area contributed by atoms with Crippen LogP contribution in [0.25, 0.3) is 0 Å². The van der Waals surface area contributed by atoms with Gasteiger partial charge in [0.15, 0.2) is 0 Å². The second kappa shape index (κ2) is 6.27. The molecule has 0 bridgehead atoms. The van der Waals surface area contributed by atoms with Gasteiger partial charge in [-0.1, -0.05) is 11.6 Å². The maximum absolute atomic E-state index is 6.21. The Morgan fingerprint density at radius 3 is 2.61 bits per heavy atom. The van der Waals surface area contributed by atoms with E-state index >= 15 is 0 Å². The van der Waals surface area contributed by atoms with E-state index in [9.17, 15) is 0 Å². The van der Waals surface area contributed by atoms with Crippen LogP contribution < -0.4 is 10.1 Å². The van der Waals surface area contributed by atoms with E-state index in [-0.39, 0.29) is 0 Å². The number of hydrogen-bond donors (Lipinski definition) is 1. The standard InChI is InChI=1S/C19H27ClN2O/c1-23-18-3-2-15(20)10-17(18)14-5-8-22(9-6-14)16-4-7-19(11-16)12-21-13-19/h2-3,10,14,16,21H,4-9,11-13H2,1H3/t16-/m1/s1. The van der Waals surface area contributed by atoms with Crippen LogP contribution in [0.2, 0.25) is 5.02 Å². The lowest BCUT2D eigenvalue weighted by Crippen LogP contribution is -2.52. The molecule has 1 aliphatic carbocycles. The minimum absolute atomic E-state index is 0.584. The maximum Gasteiger partial charge on any atom is 0.122 e. The largest absolute Gasteiger partial charge is 0.496 e. The number of piperidine rings is 1. The molecule has 3 fully saturated rings. The second-order valence-corrected chi connectivity index (χ2v) is 8.13. The van der Waals surface area contributed by atoms with E-state index < -0.39 is 0 Å². The molecule has 4 heteroatoms. The fourth-order valence-electron chi connectivity index (χ4n) is 4.89. The van der Waals surface area contributed by atoms with E-state index in [1.807, 2.05) is 12.1 Å². The fraction of sp³-hybridized carbons (Fsp3) is 0.684. The Hall–Kier alpha value is -0.770. The predicted octanol–water partition coefficient (Wildman–Crippen LogP) is 3.67. The number of nitrogens with one attached hydrogen (secondary N) is 1. The first-order valence-corrected chi connectivity index (χ1v) is 9.35. The number of likely N-dealkylation sites (tertiary alicyclic amines) is 1. The van der Waals surface area contributed by atoms with Crippen LogP contribution in [0.15, 0.2) is 18.2 Å². The first-order valence-electron chi connectivity index (χ1n) is 8.97. The molecule has 0 aromatic heterocycles. The zero-order valence-corrected chi connectivity index (χ0v) is 14.7. The Labute approximate surface area is 144 Å². The van der Waals surface area contributed by atoms with Crippen LogP contribution in [0.1, 0.15) is 43.6 Å². The van der Waals surface area contributed by atoms with Gasteiger partial charge in [0.2, 0.25) is 0 Å². The van der Waals surface area contributed by atoms with Crippen molar-refractivity contribution in [3.05, 3.63) is 28.8 Å². The molecule has 2 aliphatic heterocycles. The van der Waals surface area contributed by atoms with E-state index in [1.54, 1.807) is 7.11 Å². The Morgan fingerprint density at radius 2 is 2.00 bits per heavy atom. The van der Waals surface area contributed by atoms with E-state index in [2.05, 4.69) is 16.3 Å². The quantitative estimate of drug-likeness (QED) is 0.912. The number of rotatable bonds is 3. The zero-order valence-electron chi connectivity index (χ0n) is 14.0. The molecule has 3 nitrogen and oxygen atoms in total. The van der Waals surface area contributed by atoms with Crippen molar-refractivity contribution in [3.63, 3.8) is 0 Å². The smallest absolute Gasteiger partial charge is 0.122 e. The number of ether oxygens (including phenoxy) is 1. The van der Waals surface area contributed by atoms with Gasteiger partial charge in [0.25, 0.3) is 0 Å². The van der Waals surface area contributed by atoms with Gasteiger partial charge >= 0.3 is 0 Å². The SMILES string of the molecule is COc1ccc(Cl)cc1C1CCN([C@@H]2CCC3(CNC3)C2)CC1. The highest BCUT2D eigenvalue weighted by Gasteiger charge is 2.45. The summed E-state index contributed by atoms with van der Waals surface area (Å²) in [6, 6.07) is 6.85. The van der Waals surface area contributed by atoms with Crippen LogP contribution in [0, 0.1) is 5.41 Å². The van der Waals surface area contributed by atoms with Gasteiger partial charge in [0.1, 0.15) is 5.75 Å². The molecule has 1 saturated carbocycles. The molecule has 0 radical (unpaired) electrons. The number of nitrogens with zero attached hydrogens (tertiary/aromatic N) is 1. The Balaban J connectivity index is 1.39. The summed E-state index contributed by atoms with van der Waals surface area (Å²) in [4.78, 5) is 2.75. The molecule has 1 aromatic carbocycles. The molecule has 2 saturated heterocycles. The minimum atomic E-state index is 0.584. The molecule has 1 atom stereocenters. The van der Waals surface area contributed by atoms with Crippen molar-refractivity contribution >= 4 is 11.6 Å². The summed E-state index contributed by atoms with van der Waals surface area (Å²) in [5.41, 5.74) is 1.95. The predicted molar refractivity (Wildman–Crippen MR) is 94.5 cm³/mol. The molecule has 1 spiro atoms. The summed E-state index contributed by atoms with van der Waals surface area (Å²) in [6.45, 7) is 4.93. The first kappa shape index (κ1) is 15.7. The van der Waals surface area contributed by atoms with Gasteiger partial charge in [-0.3, -0.25) is 0 Å². The van der Waals surface area contributed by atoms with Crippen LogP contribution in [0.5, 0.6) is 5.75 Å². The molecule has 1 aromatic rings. The number of hydrogen-bond acceptors (Lipinski definition) is 3. The summed E-state index contributed by atoms with van der Waals surface area (Å²) in [5.74, 6) is 1.58. The van der Waals surface area contributed by atoms with Gasteiger partial charge < -0.3 is 15.0 Å². The van der Waals surface area contributed by atoms with Gasteiger partial charge in [0, 0.05) is 24.2 Å². The second-order valence-electron chi connectivity index (χ2n) is 7.70. The average molecular weight is 335 g/mol.